The molecule has 2 aromatic heterocycles. The van der Waals surface area contributed by atoms with Crippen LogP contribution in [-0.4, -0.2) is 18.7 Å². The quantitative estimate of drug-likeness (QED) is 0.492. The van der Waals surface area contributed by atoms with E-state index in [1.165, 1.54) is 0 Å². The van der Waals surface area contributed by atoms with E-state index < -0.39 is 13.4 Å². The number of hydrogen-bond acceptors (Lipinski definition) is 9. The molecule has 10 nitrogen and oxygen atoms in total. The van der Waals surface area contributed by atoms with Gasteiger partial charge in [0.2, 0.25) is 5.95 Å². The van der Waals surface area contributed by atoms with Crippen LogP contribution in [0.15, 0.2) is 4.79 Å². The predicted octanol–water partition coefficient (Wildman–Crippen LogP) is -0.428. The van der Waals surface area contributed by atoms with Crippen molar-refractivity contribution in [1.29, 1.82) is 0 Å². The van der Waals surface area contributed by atoms with Crippen molar-refractivity contribution in [3.8, 4) is 6.01 Å². The molecule has 17 heavy (non-hydrogen) atoms. The Bertz CT molecular complexity index is 781. The van der Waals surface area contributed by atoms with Gasteiger partial charge in [-0.3, -0.25) is 9.42 Å². The zero-order valence-corrected chi connectivity index (χ0v) is 9.51. The number of hydrogen-bond donors (Lipinski definition) is 2. The van der Waals surface area contributed by atoms with Crippen LogP contribution in [0.2, 0.25) is 0 Å². The largest absolute Gasteiger partial charge is 0.632 e. The molecule has 0 saturated heterocycles. The van der Waals surface area contributed by atoms with Crippen LogP contribution in [0, 0.1) is 0 Å². The molecule has 4 aliphatic rings. The Morgan fingerprint density at radius 2 is 2.24 bits per heavy atom. The minimum atomic E-state index is -3.87. The molecule has 0 aliphatic carbocycles. The molecule has 0 fully saturated rings. The van der Waals surface area contributed by atoms with Crippen LogP contribution in [-0.2, 0) is 9.19 Å². The Balaban J connectivity index is 2.29. The van der Waals surface area contributed by atoms with Crippen molar-refractivity contribution in [3.63, 3.8) is 0 Å². The van der Waals surface area contributed by atoms with E-state index in [9.17, 15) is 9.36 Å². The molecule has 0 aromatic carbocycles. The van der Waals surface area contributed by atoms with Gasteiger partial charge in [-0.25, -0.2) is 14.0 Å². The van der Waals surface area contributed by atoms with Crippen molar-refractivity contribution in [1.82, 2.24) is 18.7 Å². The highest BCUT2D eigenvalue weighted by atomic mass is 32.1. The first kappa shape index (κ1) is 9.33. The molecule has 2 aromatic rings. The molecule has 6 bridgehead atoms. The zero-order chi connectivity index (χ0) is 11.8. The number of fused-ring (bicyclic) bond motifs is 1. The van der Waals surface area contributed by atoms with Gasteiger partial charge in [0.1, 0.15) is 0 Å². The summed E-state index contributed by atoms with van der Waals surface area (Å²) in [4.78, 5) is 19.3. The van der Waals surface area contributed by atoms with E-state index >= 15 is 0 Å². The summed E-state index contributed by atoms with van der Waals surface area (Å²) in [5, 5.41) is 0. The van der Waals surface area contributed by atoms with Gasteiger partial charge >= 0.3 is 19.4 Å². The molecular formula is C5H2N5O5PS. The molecule has 0 saturated carbocycles. The summed E-state index contributed by atoms with van der Waals surface area (Å²) < 4.78 is 28.4. The molecule has 12 heteroatoms. The maximum absolute atomic E-state index is 11.9. The standard InChI is InChI=1S/C5H2N5O5PS/c11-3-1-2-6-5-9(1)15-16(12,13-5)14-8-4(7-3)10(2)17/h17H,(H,7,8,11). The molecule has 0 radical (unpaired) electrons. The minimum absolute atomic E-state index is 0.0243. The number of nitrogens with zero attached hydrogens (tertiary/aromatic N) is 4. The van der Waals surface area contributed by atoms with Gasteiger partial charge in [-0.15, -0.1) is 9.35 Å². The maximum Gasteiger partial charge on any atom is 0.632 e. The van der Waals surface area contributed by atoms with Gasteiger partial charge in [0, 0.05) is 0 Å². The van der Waals surface area contributed by atoms with E-state index in [0.29, 0.717) is 0 Å². The molecule has 0 spiro atoms. The van der Waals surface area contributed by atoms with Gasteiger partial charge in [0.05, 0.1) is 0 Å². The van der Waals surface area contributed by atoms with Crippen LogP contribution in [0.25, 0.3) is 11.2 Å². The van der Waals surface area contributed by atoms with E-state index in [4.69, 9.17) is 13.8 Å². The molecule has 4 aliphatic heterocycles. The van der Waals surface area contributed by atoms with E-state index in [-0.39, 0.29) is 23.1 Å². The highest BCUT2D eigenvalue weighted by Gasteiger charge is 2.45. The number of imidazole rings is 1. The van der Waals surface area contributed by atoms with Crippen molar-refractivity contribution < 1.29 is 18.3 Å². The van der Waals surface area contributed by atoms with Gasteiger partial charge in [0.15, 0.2) is 11.2 Å². The molecular weight excluding hydrogens is 273 g/mol. The number of thiol groups is 1. The third-order valence-electron chi connectivity index (χ3n) is 2.23. The topological polar surface area (TPSA) is 110 Å². The summed E-state index contributed by atoms with van der Waals surface area (Å²) in [7, 11) is -3.87. The van der Waals surface area contributed by atoms with Crippen molar-refractivity contribution in [2.75, 3.05) is 5.48 Å². The first-order valence-corrected chi connectivity index (χ1v) is 6.12. The number of rotatable bonds is 0. The van der Waals surface area contributed by atoms with Crippen molar-refractivity contribution in [3.05, 3.63) is 10.4 Å². The normalized spacial score (nSPS) is 24.3. The summed E-state index contributed by atoms with van der Waals surface area (Å²) in [6.45, 7) is 0. The predicted molar refractivity (Wildman–Crippen MR) is 55.7 cm³/mol. The van der Waals surface area contributed by atoms with Gasteiger partial charge in [-0.2, -0.15) is 9.97 Å². The highest BCUT2D eigenvalue weighted by molar-refractivity contribution is 7.78. The first-order chi connectivity index (χ1) is 8.07. The highest BCUT2D eigenvalue weighted by Crippen LogP contribution is 2.52. The van der Waals surface area contributed by atoms with E-state index in [2.05, 4.69) is 28.3 Å². The smallest absolute Gasteiger partial charge is 0.355 e. The monoisotopic (exact) mass is 275 g/mol. The van der Waals surface area contributed by atoms with Crippen LogP contribution < -0.4 is 20.2 Å². The number of phosphoric acid groups is 1. The zero-order valence-electron chi connectivity index (χ0n) is 7.72. The van der Waals surface area contributed by atoms with E-state index in [1.807, 2.05) is 0 Å². The fourth-order valence-electron chi connectivity index (χ4n) is 1.55. The lowest BCUT2D eigenvalue weighted by Gasteiger charge is -2.07. The number of aromatic nitrogens is 4. The lowest BCUT2D eigenvalue weighted by atomic mass is 10.5. The van der Waals surface area contributed by atoms with E-state index in [0.717, 1.165) is 8.70 Å². The summed E-state index contributed by atoms with van der Waals surface area (Å²) in [5.41, 5.74) is 1.69. The van der Waals surface area contributed by atoms with Crippen molar-refractivity contribution in [2.24, 2.45) is 0 Å². The van der Waals surface area contributed by atoms with Crippen LogP contribution in [0.3, 0.4) is 0 Å². The second kappa shape index (κ2) is 2.58. The fraction of sp³-hybridized carbons (Fsp3) is 0. The molecule has 1 unspecified atom stereocenters. The first-order valence-electron chi connectivity index (χ1n) is 4.26. The average molecular weight is 275 g/mol. The minimum Gasteiger partial charge on any atom is -0.355 e. The summed E-state index contributed by atoms with van der Waals surface area (Å²) in [6, 6.07) is -0.147. The third kappa shape index (κ3) is 1.01. The fourth-order valence-corrected chi connectivity index (χ4v) is 2.74. The Kier molecular flexibility index (Phi) is 1.42. The lowest BCUT2D eigenvalue weighted by molar-refractivity contribution is 0.220. The Morgan fingerprint density at radius 3 is 3.06 bits per heavy atom. The van der Waals surface area contributed by atoms with Gasteiger partial charge < -0.3 is 4.52 Å². The van der Waals surface area contributed by atoms with Gasteiger partial charge in [-0.05, 0) is 0 Å². The van der Waals surface area contributed by atoms with Crippen LogP contribution >= 0.6 is 20.6 Å². The molecule has 88 valence electrons. The summed E-state index contributed by atoms with van der Waals surface area (Å²) in [5.74, 6) is -0.0711. The van der Waals surface area contributed by atoms with Crippen LogP contribution in [0.5, 0.6) is 6.01 Å². The van der Waals surface area contributed by atoms with Crippen LogP contribution in [0.1, 0.15) is 0 Å². The number of nitrogens with one attached hydrogen (secondary N) is 1. The molecule has 1 atom stereocenters. The van der Waals surface area contributed by atoms with Crippen molar-refractivity contribution >= 4 is 37.7 Å². The maximum atomic E-state index is 11.9. The molecule has 1 N–H and O–H groups in total. The van der Waals surface area contributed by atoms with E-state index in [1.54, 1.807) is 0 Å². The van der Waals surface area contributed by atoms with Gasteiger partial charge in [0.25, 0.3) is 0 Å². The summed E-state index contributed by atoms with van der Waals surface area (Å²) in [6.07, 6.45) is 0. The molecule has 6 rings (SSSR count). The number of anilines is 1. The Hall–Kier alpha value is -1.71. The van der Waals surface area contributed by atoms with Crippen LogP contribution in [0.4, 0.5) is 5.95 Å². The molecule has 6 heterocycles. The molecule has 0 amide bonds. The lowest BCUT2D eigenvalue weighted by Crippen LogP contribution is -2.16. The second-order valence-electron chi connectivity index (χ2n) is 3.23. The second-order valence-corrected chi connectivity index (χ2v) is 5.05. The third-order valence-corrected chi connectivity index (χ3v) is 3.67. The Labute approximate surface area is 97.2 Å². The average Bonchev–Trinajstić information content (AvgIpc) is 2.76. The van der Waals surface area contributed by atoms with Crippen molar-refractivity contribution in [2.45, 2.75) is 0 Å². The van der Waals surface area contributed by atoms with Gasteiger partial charge in [-0.1, -0.05) is 12.8 Å². The SMILES string of the molecule is O=c1nc2n(S)c3nc4n(c13)OP(=O)(ON2)O4. The summed E-state index contributed by atoms with van der Waals surface area (Å²) >= 11 is 4.08. The Morgan fingerprint density at radius 1 is 1.41 bits per heavy atom.